The summed E-state index contributed by atoms with van der Waals surface area (Å²) in [7, 11) is 2.18. The van der Waals surface area contributed by atoms with E-state index in [-0.39, 0.29) is 5.91 Å². The van der Waals surface area contributed by atoms with Gasteiger partial charge in [0.25, 0.3) is 5.91 Å². The van der Waals surface area contributed by atoms with E-state index in [9.17, 15) is 4.79 Å². The van der Waals surface area contributed by atoms with Gasteiger partial charge >= 0.3 is 0 Å². The Bertz CT molecular complexity index is 1000. The third kappa shape index (κ3) is 3.35. The number of amides is 1. The number of likely N-dealkylation sites (N-methyl/N-ethyl adjacent to an activating group) is 1. The van der Waals surface area contributed by atoms with Gasteiger partial charge in [0.1, 0.15) is 0 Å². The Morgan fingerprint density at radius 1 is 1.26 bits per heavy atom. The molecular weight excluding hydrogens is 336 g/mol. The molecule has 0 spiro atoms. The minimum Gasteiger partial charge on any atom is -0.350 e. The summed E-state index contributed by atoms with van der Waals surface area (Å²) in [4.78, 5) is 18.9. The number of aryl methyl sites for hydroxylation is 2. The largest absolute Gasteiger partial charge is 0.350 e. The molecule has 0 bridgehead atoms. The fourth-order valence-corrected chi connectivity index (χ4v) is 4.06. The first-order valence-corrected chi connectivity index (χ1v) is 9.52. The molecule has 2 aromatic heterocycles. The Labute approximate surface area is 160 Å². The van der Waals surface area contributed by atoms with E-state index in [1.165, 1.54) is 27.7 Å². The van der Waals surface area contributed by atoms with Crippen molar-refractivity contribution in [2.75, 3.05) is 20.1 Å². The molecular formula is C22H26N4O. The van der Waals surface area contributed by atoms with Crippen LogP contribution in [0.15, 0.2) is 36.7 Å². The summed E-state index contributed by atoms with van der Waals surface area (Å²) >= 11 is 0. The second kappa shape index (κ2) is 7.16. The zero-order valence-electron chi connectivity index (χ0n) is 16.2. The third-order valence-electron chi connectivity index (χ3n) is 5.49. The molecule has 140 valence electrons. The van der Waals surface area contributed by atoms with Crippen molar-refractivity contribution >= 4 is 16.8 Å². The van der Waals surface area contributed by atoms with Crippen molar-refractivity contribution < 1.29 is 4.79 Å². The second-order valence-electron chi connectivity index (χ2n) is 7.53. The van der Waals surface area contributed by atoms with Crippen molar-refractivity contribution in [2.24, 2.45) is 0 Å². The summed E-state index contributed by atoms with van der Waals surface area (Å²) in [5.74, 6) is -0.0317. The first-order chi connectivity index (χ1) is 13.0. The lowest BCUT2D eigenvalue weighted by Crippen LogP contribution is -2.30. The maximum atomic E-state index is 12.5. The molecule has 0 fully saturated rings. The number of nitrogens with zero attached hydrogens (tertiary/aromatic N) is 3. The first-order valence-electron chi connectivity index (χ1n) is 9.52. The van der Waals surface area contributed by atoms with E-state index in [1.54, 1.807) is 18.5 Å². The zero-order valence-corrected chi connectivity index (χ0v) is 16.2. The van der Waals surface area contributed by atoms with Crippen LogP contribution in [0, 0.1) is 13.8 Å². The van der Waals surface area contributed by atoms with E-state index in [0.717, 1.165) is 31.6 Å². The lowest BCUT2D eigenvalue weighted by atomic mass is 10.0. The van der Waals surface area contributed by atoms with Crippen LogP contribution in [-0.2, 0) is 19.5 Å². The van der Waals surface area contributed by atoms with Crippen molar-refractivity contribution in [2.45, 2.75) is 33.4 Å². The molecule has 0 saturated heterocycles. The Morgan fingerprint density at radius 2 is 2.11 bits per heavy atom. The quantitative estimate of drug-likeness (QED) is 0.776. The van der Waals surface area contributed by atoms with E-state index in [0.29, 0.717) is 12.1 Å². The molecule has 3 aromatic rings. The summed E-state index contributed by atoms with van der Waals surface area (Å²) in [6.45, 7) is 7.52. The lowest BCUT2D eigenvalue weighted by molar-refractivity contribution is 0.0951. The Balaban J connectivity index is 1.57. The molecule has 4 rings (SSSR count). The number of carbonyl (C=O) groups excluding carboxylic acids is 1. The lowest BCUT2D eigenvalue weighted by Gasteiger charge is -2.24. The smallest absolute Gasteiger partial charge is 0.251 e. The van der Waals surface area contributed by atoms with Crippen molar-refractivity contribution in [3.8, 4) is 0 Å². The van der Waals surface area contributed by atoms with Gasteiger partial charge < -0.3 is 14.8 Å². The Kier molecular flexibility index (Phi) is 4.70. The number of benzene rings is 1. The molecule has 1 aromatic carbocycles. The van der Waals surface area contributed by atoms with Crippen LogP contribution in [-0.4, -0.2) is 40.5 Å². The average Bonchev–Trinajstić information content (AvgIpc) is 2.94. The number of pyridine rings is 1. The Hall–Kier alpha value is -2.66. The minimum absolute atomic E-state index is 0.0317. The van der Waals surface area contributed by atoms with Gasteiger partial charge in [-0.2, -0.15) is 0 Å². The average molecular weight is 362 g/mol. The molecule has 3 heterocycles. The predicted molar refractivity (Wildman–Crippen MR) is 108 cm³/mol. The minimum atomic E-state index is -0.0317. The van der Waals surface area contributed by atoms with E-state index in [4.69, 9.17) is 0 Å². The molecule has 1 N–H and O–H groups in total. The van der Waals surface area contributed by atoms with E-state index < -0.39 is 0 Å². The van der Waals surface area contributed by atoms with Crippen LogP contribution in [0.5, 0.6) is 0 Å². The summed E-state index contributed by atoms with van der Waals surface area (Å²) in [6.07, 6.45) is 4.44. The second-order valence-corrected chi connectivity index (χ2v) is 7.53. The molecule has 0 aliphatic carbocycles. The van der Waals surface area contributed by atoms with Gasteiger partial charge in [-0.3, -0.25) is 9.78 Å². The van der Waals surface area contributed by atoms with E-state index in [1.807, 2.05) is 6.92 Å². The monoisotopic (exact) mass is 362 g/mol. The highest BCUT2D eigenvalue weighted by Gasteiger charge is 2.22. The zero-order chi connectivity index (χ0) is 19.0. The highest BCUT2D eigenvalue weighted by atomic mass is 16.1. The Morgan fingerprint density at radius 3 is 2.93 bits per heavy atom. The predicted octanol–water partition coefficient (Wildman–Crippen LogP) is 3.07. The number of nitrogens with one attached hydrogen (secondary N) is 1. The van der Waals surface area contributed by atoms with Crippen LogP contribution in [0.4, 0.5) is 0 Å². The van der Waals surface area contributed by atoms with Crippen LogP contribution in [0.25, 0.3) is 10.9 Å². The van der Waals surface area contributed by atoms with Gasteiger partial charge in [0.2, 0.25) is 0 Å². The van der Waals surface area contributed by atoms with Gasteiger partial charge in [-0.25, -0.2) is 0 Å². The SMILES string of the molecule is Cc1ccc2c(c1)c1c(n2CCNC(=O)c2ccncc2C)CCN(C)C1. The molecule has 0 saturated carbocycles. The number of fused-ring (bicyclic) bond motifs is 3. The highest BCUT2D eigenvalue weighted by Crippen LogP contribution is 2.31. The van der Waals surface area contributed by atoms with E-state index >= 15 is 0 Å². The van der Waals surface area contributed by atoms with Crippen LogP contribution in [0.2, 0.25) is 0 Å². The molecule has 1 aliphatic rings. The van der Waals surface area contributed by atoms with Gasteiger partial charge in [0.15, 0.2) is 0 Å². The summed E-state index contributed by atoms with van der Waals surface area (Å²) < 4.78 is 2.40. The maximum Gasteiger partial charge on any atom is 0.251 e. The highest BCUT2D eigenvalue weighted by molar-refractivity contribution is 5.95. The van der Waals surface area contributed by atoms with Crippen LogP contribution in [0.1, 0.15) is 32.7 Å². The molecule has 0 atom stereocenters. The summed E-state index contributed by atoms with van der Waals surface area (Å²) in [5, 5.41) is 4.43. The fraction of sp³-hybridized carbons (Fsp3) is 0.364. The molecule has 0 unspecified atom stereocenters. The standard InChI is InChI=1S/C22H26N4O/c1-15-4-5-20-18(12-15)19-14-25(3)10-7-21(19)26(20)11-9-24-22(27)17-6-8-23-13-16(17)2/h4-6,8,12-13H,7,9-11,14H2,1-3H3,(H,24,27). The number of aromatic nitrogens is 2. The van der Waals surface area contributed by atoms with Crippen molar-refractivity contribution in [1.29, 1.82) is 0 Å². The van der Waals surface area contributed by atoms with Crippen molar-refractivity contribution in [3.63, 3.8) is 0 Å². The van der Waals surface area contributed by atoms with Crippen LogP contribution < -0.4 is 5.32 Å². The molecule has 5 nitrogen and oxygen atoms in total. The molecule has 1 aliphatic heterocycles. The number of rotatable bonds is 4. The third-order valence-corrected chi connectivity index (χ3v) is 5.49. The molecule has 0 radical (unpaired) electrons. The molecule has 1 amide bonds. The van der Waals surface area contributed by atoms with Gasteiger partial charge in [-0.15, -0.1) is 0 Å². The van der Waals surface area contributed by atoms with Gasteiger partial charge in [0.05, 0.1) is 0 Å². The van der Waals surface area contributed by atoms with Crippen molar-refractivity contribution in [3.05, 3.63) is 64.6 Å². The normalized spacial score (nSPS) is 14.3. The van der Waals surface area contributed by atoms with E-state index in [2.05, 4.69) is 51.9 Å². The van der Waals surface area contributed by atoms with Crippen LogP contribution in [0.3, 0.4) is 0 Å². The van der Waals surface area contributed by atoms with Gasteiger partial charge in [0, 0.05) is 67.2 Å². The summed E-state index contributed by atoms with van der Waals surface area (Å²) in [6, 6.07) is 8.46. The molecule has 5 heteroatoms. The van der Waals surface area contributed by atoms with Crippen molar-refractivity contribution in [1.82, 2.24) is 19.8 Å². The first kappa shape index (κ1) is 17.7. The summed E-state index contributed by atoms with van der Waals surface area (Å²) in [5.41, 5.74) is 7.02. The topological polar surface area (TPSA) is 50.2 Å². The number of hydrogen-bond acceptors (Lipinski definition) is 3. The number of hydrogen-bond donors (Lipinski definition) is 1. The number of carbonyl (C=O) groups is 1. The van der Waals surface area contributed by atoms with Gasteiger partial charge in [-0.05, 0) is 50.2 Å². The van der Waals surface area contributed by atoms with Gasteiger partial charge in [-0.1, -0.05) is 11.6 Å². The fourth-order valence-electron chi connectivity index (χ4n) is 4.06. The van der Waals surface area contributed by atoms with Crippen LogP contribution >= 0.6 is 0 Å². The maximum absolute atomic E-state index is 12.5. The molecule has 27 heavy (non-hydrogen) atoms.